The van der Waals surface area contributed by atoms with E-state index in [2.05, 4.69) is 54.7 Å². The third-order valence-electron chi connectivity index (χ3n) is 4.71. The largest absolute Gasteiger partial charge is 0.0888 e. The summed E-state index contributed by atoms with van der Waals surface area (Å²) in [4.78, 5) is 2.21. The number of alkyl halides is 3. The van der Waals surface area contributed by atoms with Crippen molar-refractivity contribution in [2.45, 2.75) is 66.4 Å². The molecule has 0 N–H and O–H groups in total. The van der Waals surface area contributed by atoms with E-state index in [1.54, 1.807) is 0 Å². The lowest BCUT2D eigenvalue weighted by Gasteiger charge is -2.41. The Morgan fingerprint density at radius 3 is 2.18 bits per heavy atom. The Kier molecular flexibility index (Phi) is 5.89. The Bertz CT molecular complexity index is 244. The molecule has 0 nitrogen and oxygen atoms in total. The third kappa shape index (κ3) is 3.72. The maximum absolute atomic E-state index is 3.97. The molecule has 0 saturated heterocycles. The number of hydrogen-bond acceptors (Lipinski definition) is 0. The van der Waals surface area contributed by atoms with Gasteiger partial charge in [-0.15, -0.1) is 0 Å². The van der Waals surface area contributed by atoms with E-state index in [1.165, 1.54) is 44.9 Å². The minimum atomic E-state index is 0.726. The molecule has 6 atom stereocenters. The van der Waals surface area contributed by atoms with Crippen LogP contribution in [0.3, 0.4) is 0 Å². The van der Waals surface area contributed by atoms with Gasteiger partial charge in [0.15, 0.2) is 0 Å². The zero-order chi connectivity index (χ0) is 12.4. The molecule has 0 bridgehead atoms. The van der Waals surface area contributed by atoms with E-state index in [-0.39, 0.29) is 0 Å². The molecule has 0 aromatic rings. The van der Waals surface area contributed by atoms with Crippen LogP contribution in [0.4, 0.5) is 0 Å². The molecule has 0 heterocycles. The fraction of sp³-hybridized carbons (Fsp3) is 1.00. The smallest absolute Gasteiger partial charge is 0.0180 e. The van der Waals surface area contributed by atoms with Crippen LogP contribution < -0.4 is 0 Å². The van der Waals surface area contributed by atoms with Crippen LogP contribution in [0.1, 0.15) is 51.9 Å². The van der Waals surface area contributed by atoms with Crippen LogP contribution in [-0.4, -0.2) is 14.5 Å². The summed E-state index contributed by atoms with van der Waals surface area (Å²) >= 11 is 11.8. The zero-order valence-corrected chi connectivity index (χ0v) is 15.3. The molecular formula is C14H23Br3. The molecule has 100 valence electrons. The van der Waals surface area contributed by atoms with E-state index < -0.39 is 0 Å². The van der Waals surface area contributed by atoms with Crippen molar-refractivity contribution in [3.8, 4) is 0 Å². The molecule has 3 heteroatoms. The molecule has 0 amide bonds. The molecule has 0 aromatic carbocycles. The molecule has 0 spiro atoms. The first-order chi connectivity index (χ1) is 8.09. The molecule has 17 heavy (non-hydrogen) atoms. The molecule has 2 rings (SSSR count). The van der Waals surface area contributed by atoms with E-state index in [0.717, 1.165) is 32.2 Å². The van der Waals surface area contributed by atoms with E-state index in [9.17, 15) is 0 Å². The fourth-order valence-electron chi connectivity index (χ4n) is 3.53. The van der Waals surface area contributed by atoms with Gasteiger partial charge in [-0.25, -0.2) is 0 Å². The highest BCUT2D eigenvalue weighted by molar-refractivity contribution is 9.10. The summed E-state index contributed by atoms with van der Waals surface area (Å²) in [6.45, 7) is 2.38. The van der Waals surface area contributed by atoms with Crippen LogP contribution in [0.25, 0.3) is 0 Å². The van der Waals surface area contributed by atoms with Gasteiger partial charge in [-0.05, 0) is 43.4 Å². The van der Waals surface area contributed by atoms with E-state index in [0.29, 0.717) is 0 Å². The van der Waals surface area contributed by atoms with E-state index >= 15 is 0 Å². The number of halogens is 3. The highest BCUT2D eigenvalue weighted by atomic mass is 79.9. The molecular weight excluding hydrogens is 408 g/mol. The minimum absolute atomic E-state index is 0.726. The highest BCUT2D eigenvalue weighted by Gasteiger charge is 2.39. The van der Waals surface area contributed by atoms with Crippen LogP contribution in [0.5, 0.6) is 0 Å². The zero-order valence-electron chi connectivity index (χ0n) is 10.5. The Morgan fingerprint density at radius 2 is 1.41 bits per heavy atom. The molecule has 0 aliphatic heterocycles. The van der Waals surface area contributed by atoms with Crippen molar-refractivity contribution in [3.63, 3.8) is 0 Å². The molecule has 2 aliphatic rings. The van der Waals surface area contributed by atoms with Crippen molar-refractivity contribution in [1.82, 2.24) is 0 Å². The van der Waals surface area contributed by atoms with Crippen molar-refractivity contribution < 1.29 is 0 Å². The fourth-order valence-corrected chi connectivity index (χ4v) is 6.36. The first kappa shape index (κ1) is 14.8. The second-order valence-corrected chi connectivity index (χ2v) is 9.49. The topological polar surface area (TPSA) is 0 Å². The normalized spacial score (nSPS) is 48.7. The maximum Gasteiger partial charge on any atom is 0.0180 e. The second kappa shape index (κ2) is 6.74. The highest BCUT2D eigenvalue weighted by Crippen LogP contribution is 2.46. The standard InChI is InChI=1S/C14H23Br3/c1-9-7-14(17)11(8-13(9)16)10-5-3-2-4-6-12(10)15/h9-14H,2-8H2,1H3. The molecule has 2 saturated carbocycles. The second-order valence-electron chi connectivity index (χ2n) is 5.96. The molecule has 6 unspecified atom stereocenters. The summed E-state index contributed by atoms with van der Waals surface area (Å²) in [5.74, 6) is 2.56. The lowest BCUT2D eigenvalue weighted by molar-refractivity contribution is 0.221. The average Bonchev–Trinajstić information content (AvgIpc) is 2.49. The van der Waals surface area contributed by atoms with Crippen LogP contribution >= 0.6 is 47.8 Å². The molecule has 0 aromatic heterocycles. The van der Waals surface area contributed by atoms with Gasteiger partial charge in [0.1, 0.15) is 0 Å². The Hall–Kier alpha value is 1.44. The summed E-state index contributed by atoms with van der Waals surface area (Å²) < 4.78 is 0. The summed E-state index contributed by atoms with van der Waals surface area (Å²) in [5, 5.41) is 0. The van der Waals surface area contributed by atoms with Gasteiger partial charge in [0.25, 0.3) is 0 Å². The van der Waals surface area contributed by atoms with Crippen molar-refractivity contribution in [1.29, 1.82) is 0 Å². The summed E-state index contributed by atoms with van der Waals surface area (Å²) in [6, 6.07) is 0. The van der Waals surface area contributed by atoms with E-state index in [1.807, 2.05) is 0 Å². The SMILES string of the molecule is CC1CC(Br)C(C2CCCCCC2Br)CC1Br. The van der Waals surface area contributed by atoms with Gasteiger partial charge in [0.05, 0.1) is 0 Å². The van der Waals surface area contributed by atoms with Crippen molar-refractivity contribution in [3.05, 3.63) is 0 Å². The molecule has 0 radical (unpaired) electrons. The van der Waals surface area contributed by atoms with Gasteiger partial charge in [-0.3, -0.25) is 0 Å². The number of hydrogen-bond donors (Lipinski definition) is 0. The predicted molar refractivity (Wildman–Crippen MR) is 86.6 cm³/mol. The molecule has 2 fully saturated rings. The lowest BCUT2D eigenvalue weighted by atomic mass is 9.73. The quantitative estimate of drug-likeness (QED) is 0.358. The van der Waals surface area contributed by atoms with Gasteiger partial charge >= 0.3 is 0 Å². The summed E-state index contributed by atoms with van der Waals surface area (Å²) in [5.41, 5.74) is 0. The van der Waals surface area contributed by atoms with Crippen molar-refractivity contribution >= 4 is 47.8 Å². The first-order valence-corrected chi connectivity index (χ1v) is 9.76. The first-order valence-electron chi connectivity index (χ1n) is 7.01. The van der Waals surface area contributed by atoms with Gasteiger partial charge in [-0.1, -0.05) is 74.0 Å². The summed E-state index contributed by atoms with van der Waals surface area (Å²) in [7, 11) is 0. The third-order valence-corrected chi connectivity index (χ3v) is 8.17. The maximum atomic E-state index is 3.97. The minimum Gasteiger partial charge on any atom is -0.0888 e. The van der Waals surface area contributed by atoms with Gasteiger partial charge in [0.2, 0.25) is 0 Å². The van der Waals surface area contributed by atoms with Gasteiger partial charge < -0.3 is 0 Å². The van der Waals surface area contributed by atoms with Gasteiger partial charge in [0, 0.05) is 14.5 Å². The Balaban J connectivity index is 2.03. The van der Waals surface area contributed by atoms with Crippen LogP contribution in [0.15, 0.2) is 0 Å². The lowest BCUT2D eigenvalue weighted by Crippen LogP contribution is -2.38. The van der Waals surface area contributed by atoms with Crippen molar-refractivity contribution in [2.24, 2.45) is 17.8 Å². The average molecular weight is 431 g/mol. The molecule has 2 aliphatic carbocycles. The van der Waals surface area contributed by atoms with Crippen LogP contribution in [0, 0.1) is 17.8 Å². The number of rotatable bonds is 1. The predicted octanol–water partition coefficient (Wildman–Crippen LogP) is 5.90. The Morgan fingerprint density at radius 1 is 0.706 bits per heavy atom. The van der Waals surface area contributed by atoms with E-state index in [4.69, 9.17) is 0 Å². The van der Waals surface area contributed by atoms with Crippen molar-refractivity contribution in [2.75, 3.05) is 0 Å². The van der Waals surface area contributed by atoms with Crippen LogP contribution in [-0.2, 0) is 0 Å². The van der Waals surface area contributed by atoms with Crippen LogP contribution in [0.2, 0.25) is 0 Å². The summed E-state index contributed by atoms with van der Waals surface area (Å²) in [6.07, 6.45) is 9.78. The van der Waals surface area contributed by atoms with Gasteiger partial charge in [-0.2, -0.15) is 0 Å². The monoisotopic (exact) mass is 428 g/mol. The Labute approximate surface area is 131 Å².